The van der Waals surface area contributed by atoms with Crippen molar-refractivity contribution in [2.24, 2.45) is 0 Å². The molecule has 0 unspecified atom stereocenters. The Labute approximate surface area is 209 Å². The molecule has 2 aromatic carbocycles. The van der Waals surface area contributed by atoms with Crippen LogP contribution in [0.5, 0.6) is 0 Å². The highest BCUT2D eigenvalue weighted by atomic mass is 15.3. The maximum Gasteiger partial charge on any atom is 0.211 e. The maximum atomic E-state index is 9.32. The van der Waals surface area contributed by atoms with Crippen LogP contribution in [0.25, 0.3) is 39.1 Å². The highest BCUT2D eigenvalue weighted by Crippen LogP contribution is 2.37. The van der Waals surface area contributed by atoms with Gasteiger partial charge in [-0.15, -0.1) is 0 Å². The van der Waals surface area contributed by atoms with Crippen molar-refractivity contribution in [3.05, 3.63) is 72.8 Å². The lowest BCUT2D eigenvalue weighted by Crippen LogP contribution is -2.43. The SMILES string of the molecule is CN(C)C1CCN(c2nc(-c3ccc(C#N)cc3)c(-c3ccc4nccnc4c3)c3nccn23)CC1. The number of nitriles is 1. The minimum Gasteiger partial charge on any atom is -0.342 e. The predicted molar refractivity (Wildman–Crippen MR) is 141 cm³/mol. The molecular weight excluding hydrogens is 448 g/mol. The normalized spacial score (nSPS) is 14.6. The number of anilines is 1. The van der Waals surface area contributed by atoms with Gasteiger partial charge in [0.05, 0.1) is 33.9 Å². The van der Waals surface area contributed by atoms with Crippen molar-refractivity contribution in [1.29, 1.82) is 5.26 Å². The topological polar surface area (TPSA) is 86.2 Å². The number of rotatable bonds is 4. The molecule has 0 amide bonds. The lowest BCUT2D eigenvalue weighted by molar-refractivity contribution is 0.249. The lowest BCUT2D eigenvalue weighted by atomic mass is 9.98. The number of fused-ring (bicyclic) bond motifs is 2. The fourth-order valence-corrected chi connectivity index (χ4v) is 5.07. The van der Waals surface area contributed by atoms with E-state index in [1.807, 2.05) is 48.8 Å². The first kappa shape index (κ1) is 22.1. The van der Waals surface area contributed by atoms with Gasteiger partial charge in [0.1, 0.15) is 5.65 Å². The highest BCUT2D eigenvalue weighted by Gasteiger charge is 2.26. The molecule has 0 spiro atoms. The van der Waals surface area contributed by atoms with Gasteiger partial charge in [-0.25, -0.2) is 9.97 Å². The molecule has 6 rings (SSSR count). The zero-order chi connectivity index (χ0) is 24.6. The molecule has 0 N–H and O–H groups in total. The summed E-state index contributed by atoms with van der Waals surface area (Å²) in [5.74, 6) is 0.892. The second kappa shape index (κ2) is 9.02. The van der Waals surface area contributed by atoms with Crippen LogP contribution in [-0.2, 0) is 0 Å². The summed E-state index contributed by atoms with van der Waals surface area (Å²) in [6.07, 6.45) is 9.40. The van der Waals surface area contributed by atoms with Crippen LogP contribution in [-0.4, -0.2) is 62.5 Å². The molecule has 178 valence electrons. The average Bonchev–Trinajstić information content (AvgIpc) is 3.42. The van der Waals surface area contributed by atoms with Gasteiger partial charge >= 0.3 is 0 Å². The van der Waals surface area contributed by atoms with E-state index in [1.54, 1.807) is 12.4 Å². The molecule has 5 aromatic rings. The molecule has 8 heteroatoms. The number of imidazole rings is 1. The molecule has 4 heterocycles. The van der Waals surface area contributed by atoms with Gasteiger partial charge in [-0.2, -0.15) is 5.26 Å². The quantitative estimate of drug-likeness (QED) is 0.381. The molecule has 36 heavy (non-hydrogen) atoms. The molecule has 0 saturated carbocycles. The number of aromatic nitrogens is 5. The van der Waals surface area contributed by atoms with Crippen molar-refractivity contribution in [3.63, 3.8) is 0 Å². The van der Waals surface area contributed by atoms with Gasteiger partial charge in [0, 0.05) is 49.5 Å². The standard InChI is InChI=1S/C28H26N8/c1-34(2)22-9-14-35(15-10-22)28-33-26(20-5-3-19(18-29)4-6-20)25(27-32-13-16-36(27)28)21-7-8-23-24(17-21)31-12-11-30-23/h3-8,11-13,16-17,22H,9-10,14-15H2,1-2H3. The summed E-state index contributed by atoms with van der Waals surface area (Å²) in [7, 11) is 4.30. The average molecular weight is 475 g/mol. The second-order valence-corrected chi connectivity index (χ2v) is 9.39. The Morgan fingerprint density at radius 1 is 0.889 bits per heavy atom. The van der Waals surface area contributed by atoms with Crippen LogP contribution in [0.4, 0.5) is 5.95 Å². The van der Waals surface area contributed by atoms with Crippen LogP contribution in [0.1, 0.15) is 18.4 Å². The largest absolute Gasteiger partial charge is 0.342 e. The molecule has 1 aliphatic heterocycles. The maximum absolute atomic E-state index is 9.32. The summed E-state index contributed by atoms with van der Waals surface area (Å²) in [6, 6.07) is 16.5. The van der Waals surface area contributed by atoms with E-state index in [1.165, 1.54) is 0 Å². The zero-order valence-corrected chi connectivity index (χ0v) is 20.3. The third-order valence-electron chi connectivity index (χ3n) is 7.05. The van der Waals surface area contributed by atoms with Crippen LogP contribution < -0.4 is 4.90 Å². The van der Waals surface area contributed by atoms with E-state index in [0.29, 0.717) is 11.6 Å². The molecule has 0 atom stereocenters. The highest BCUT2D eigenvalue weighted by molar-refractivity contribution is 5.94. The van der Waals surface area contributed by atoms with E-state index in [9.17, 15) is 5.26 Å². The van der Waals surface area contributed by atoms with Crippen LogP contribution in [0.3, 0.4) is 0 Å². The van der Waals surface area contributed by atoms with E-state index < -0.39 is 0 Å². The van der Waals surface area contributed by atoms with Crippen molar-refractivity contribution in [2.45, 2.75) is 18.9 Å². The first-order valence-corrected chi connectivity index (χ1v) is 12.1. The predicted octanol–water partition coefficient (Wildman–Crippen LogP) is 4.41. The molecule has 1 saturated heterocycles. The summed E-state index contributed by atoms with van der Waals surface area (Å²) in [5.41, 5.74) is 6.82. The molecule has 1 aliphatic rings. The molecule has 1 fully saturated rings. The van der Waals surface area contributed by atoms with Crippen LogP contribution in [0.15, 0.2) is 67.3 Å². The van der Waals surface area contributed by atoms with Crippen molar-refractivity contribution in [1.82, 2.24) is 29.2 Å². The van der Waals surface area contributed by atoms with E-state index in [-0.39, 0.29) is 0 Å². The van der Waals surface area contributed by atoms with Gasteiger partial charge in [-0.1, -0.05) is 18.2 Å². The molecule has 0 bridgehead atoms. The van der Waals surface area contributed by atoms with Gasteiger partial charge in [-0.05, 0) is 56.8 Å². The monoisotopic (exact) mass is 474 g/mol. The van der Waals surface area contributed by atoms with Gasteiger partial charge in [0.15, 0.2) is 0 Å². The Morgan fingerprint density at radius 2 is 1.61 bits per heavy atom. The molecule has 8 nitrogen and oxygen atoms in total. The third-order valence-corrected chi connectivity index (χ3v) is 7.05. The Morgan fingerprint density at radius 3 is 2.33 bits per heavy atom. The van der Waals surface area contributed by atoms with E-state index in [4.69, 9.17) is 9.97 Å². The Hall–Kier alpha value is -4.35. The fourth-order valence-electron chi connectivity index (χ4n) is 5.07. The smallest absolute Gasteiger partial charge is 0.211 e. The minimum atomic E-state index is 0.579. The Balaban J connectivity index is 1.55. The molecular formula is C28H26N8. The third kappa shape index (κ3) is 3.84. The molecule has 0 radical (unpaired) electrons. The fraction of sp³-hybridized carbons (Fsp3) is 0.250. The van der Waals surface area contributed by atoms with Gasteiger partial charge in [0.25, 0.3) is 0 Å². The van der Waals surface area contributed by atoms with Crippen LogP contribution in [0, 0.1) is 11.3 Å². The molecule has 0 aliphatic carbocycles. The number of nitrogens with zero attached hydrogens (tertiary/aromatic N) is 8. The van der Waals surface area contributed by atoms with Crippen molar-refractivity contribution >= 4 is 22.6 Å². The van der Waals surface area contributed by atoms with Crippen molar-refractivity contribution in [2.75, 3.05) is 32.1 Å². The van der Waals surface area contributed by atoms with E-state index in [0.717, 1.165) is 70.9 Å². The molecule has 3 aromatic heterocycles. The van der Waals surface area contributed by atoms with Gasteiger partial charge in [-0.3, -0.25) is 14.4 Å². The minimum absolute atomic E-state index is 0.579. The number of hydrogen-bond donors (Lipinski definition) is 0. The number of benzene rings is 2. The van der Waals surface area contributed by atoms with Crippen LogP contribution >= 0.6 is 0 Å². The summed E-state index contributed by atoms with van der Waals surface area (Å²) in [5, 5.41) is 9.32. The zero-order valence-electron chi connectivity index (χ0n) is 20.3. The van der Waals surface area contributed by atoms with E-state index in [2.05, 4.69) is 50.4 Å². The first-order valence-electron chi connectivity index (χ1n) is 12.1. The van der Waals surface area contributed by atoms with Crippen molar-refractivity contribution < 1.29 is 0 Å². The second-order valence-electron chi connectivity index (χ2n) is 9.39. The Kier molecular flexibility index (Phi) is 5.55. The number of piperidine rings is 1. The van der Waals surface area contributed by atoms with Crippen molar-refractivity contribution in [3.8, 4) is 28.5 Å². The summed E-state index contributed by atoms with van der Waals surface area (Å²) in [6.45, 7) is 1.86. The van der Waals surface area contributed by atoms with E-state index >= 15 is 0 Å². The summed E-state index contributed by atoms with van der Waals surface area (Å²) >= 11 is 0. The van der Waals surface area contributed by atoms with Gasteiger partial charge < -0.3 is 9.80 Å². The Bertz CT molecular complexity index is 1590. The van der Waals surface area contributed by atoms with Crippen LogP contribution in [0.2, 0.25) is 0 Å². The first-order chi connectivity index (χ1) is 17.6. The van der Waals surface area contributed by atoms with Gasteiger partial charge in [0.2, 0.25) is 5.95 Å². The lowest BCUT2D eigenvalue weighted by Gasteiger charge is -2.36. The summed E-state index contributed by atoms with van der Waals surface area (Å²) in [4.78, 5) is 23.7. The summed E-state index contributed by atoms with van der Waals surface area (Å²) < 4.78 is 2.10. The number of hydrogen-bond acceptors (Lipinski definition) is 7.